The molecule has 1 saturated heterocycles. The number of nitrogens with one attached hydrogen (secondary N) is 2. The molecule has 0 atom stereocenters. The summed E-state index contributed by atoms with van der Waals surface area (Å²) in [6.45, 7) is 5.62. The van der Waals surface area contributed by atoms with Crippen molar-refractivity contribution in [1.29, 1.82) is 0 Å². The first-order valence-electron chi connectivity index (χ1n) is 8.94. The van der Waals surface area contributed by atoms with Crippen LogP contribution in [0.4, 0.5) is 17.2 Å². The van der Waals surface area contributed by atoms with Crippen LogP contribution in [0, 0.1) is 0 Å². The van der Waals surface area contributed by atoms with Crippen molar-refractivity contribution in [2.24, 2.45) is 0 Å². The fraction of sp³-hybridized carbons (Fsp3) is 0.316. The van der Waals surface area contributed by atoms with E-state index in [1.807, 2.05) is 4.90 Å². The summed E-state index contributed by atoms with van der Waals surface area (Å²) in [4.78, 5) is 47.3. The fourth-order valence-electron chi connectivity index (χ4n) is 2.93. The van der Waals surface area contributed by atoms with Crippen LogP contribution in [0.15, 0.2) is 36.7 Å². The fourth-order valence-corrected chi connectivity index (χ4v) is 2.93. The number of anilines is 3. The second kappa shape index (κ2) is 8.47. The van der Waals surface area contributed by atoms with Gasteiger partial charge < -0.3 is 20.4 Å². The van der Waals surface area contributed by atoms with E-state index in [0.29, 0.717) is 43.4 Å². The Bertz CT molecular complexity index is 875. The van der Waals surface area contributed by atoms with Gasteiger partial charge in [0.05, 0.1) is 12.4 Å². The minimum atomic E-state index is -0.388. The molecule has 2 aromatic rings. The van der Waals surface area contributed by atoms with Crippen LogP contribution in [0.25, 0.3) is 0 Å². The van der Waals surface area contributed by atoms with Crippen LogP contribution in [0.2, 0.25) is 0 Å². The first-order valence-corrected chi connectivity index (χ1v) is 8.94. The molecule has 9 nitrogen and oxygen atoms in total. The number of amides is 3. The minimum Gasteiger partial charge on any atom is -0.352 e. The molecule has 1 aliphatic heterocycles. The number of aromatic nitrogens is 2. The van der Waals surface area contributed by atoms with Crippen LogP contribution >= 0.6 is 0 Å². The van der Waals surface area contributed by atoms with E-state index in [0.717, 1.165) is 0 Å². The Morgan fingerprint density at radius 2 is 1.61 bits per heavy atom. The minimum absolute atomic E-state index is 0.0697. The van der Waals surface area contributed by atoms with E-state index < -0.39 is 0 Å². The van der Waals surface area contributed by atoms with Gasteiger partial charge in [0, 0.05) is 51.4 Å². The van der Waals surface area contributed by atoms with E-state index in [1.54, 1.807) is 42.3 Å². The summed E-state index contributed by atoms with van der Waals surface area (Å²) < 4.78 is 0. The molecule has 3 amide bonds. The van der Waals surface area contributed by atoms with Crippen molar-refractivity contribution < 1.29 is 14.4 Å². The third-order valence-corrected chi connectivity index (χ3v) is 4.36. The standard InChI is InChI=1S/C19H22N6O3/c1-13(26)22-15-4-3-5-16(10-15)23-19(28)17-11-21-18(12-20-17)25-8-6-24(7-9-25)14(2)27/h3-5,10-12H,6-9H2,1-2H3,(H,22,26)(H,23,28). The molecule has 0 aliphatic carbocycles. The van der Waals surface area contributed by atoms with Gasteiger partial charge in [-0.3, -0.25) is 14.4 Å². The molecule has 0 bridgehead atoms. The molecule has 2 heterocycles. The average molecular weight is 382 g/mol. The summed E-state index contributed by atoms with van der Waals surface area (Å²) in [6.07, 6.45) is 2.99. The van der Waals surface area contributed by atoms with Crippen LogP contribution in [0.3, 0.4) is 0 Å². The summed E-state index contributed by atoms with van der Waals surface area (Å²) in [6, 6.07) is 6.85. The van der Waals surface area contributed by atoms with Crippen LogP contribution in [0.1, 0.15) is 24.3 Å². The molecule has 0 unspecified atom stereocenters. The molecule has 0 saturated carbocycles. The van der Waals surface area contributed by atoms with Gasteiger partial charge >= 0.3 is 0 Å². The second-order valence-corrected chi connectivity index (χ2v) is 6.47. The van der Waals surface area contributed by atoms with Crippen molar-refractivity contribution in [3.63, 3.8) is 0 Å². The topological polar surface area (TPSA) is 108 Å². The van der Waals surface area contributed by atoms with Crippen molar-refractivity contribution in [2.75, 3.05) is 41.7 Å². The number of benzene rings is 1. The van der Waals surface area contributed by atoms with E-state index in [9.17, 15) is 14.4 Å². The molecule has 3 rings (SSSR count). The van der Waals surface area contributed by atoms with Crippen molar-refractivity contribution in [1.82, 2.24) is 14.9 Å². The lowest BCUT2D eigenvalue weighted by molar-refractivity contribution is -0.129. The number of hydrogen-bond donors (Lipinski definition) is 2. The molecule has 1 aromatic carbocycles. The number of carbonyl (C=O) groups excluding carboxylic acids is 3. The van der Waals surface area contributed by atoms with Gasteiger partial charge in [-0.05, 0) is 18.2 Å². The highest BCUT2D eigenvalue weighted by molar-refractivity contribution is 6.03. The monoisotopic (exact) mass is 382 g/mol. The van der Waals surface area contributed by atoms with Gasteiger partial charge in [-0.2, -0.15) is 0 Å². The Balaban J connectivity index is 1.61. The third kappa shape index (κ3) is 4.81. The molecule has 0 radical (unpaired) electrons. The first kappa shape index (κ1) is 19.3. The molecule has 0 spiro atoms. The molecule has 2 N–H and O–H groups in total. The van der Waals surface area contributed by atoms with Gasteiger partial charge in [0.25, 0.3) is 5.91 Å². The van der Waals surface area contributed by atoms with Crippen molar-refractivity contribution in [2.45, 2.75) is 13.8 Å². The second-order valence-electron chi connectivity index (χ2n) is 6.47. The number of piperazine rings is 1. The largest absolute Gasteiger partial charge is 0.352 e. The average Bonchev–Trinajstić information content (AvgIpc) is 2.68. The van der Waals surface area contributed by atoms with Gasteiger partial charge in [0.1, 0.15) is 11.5 Å². The third-order valence-electron chi connectivity index (χ3n) is 4.36. The molecule has 1 aliphatic rings. The normalized spacial score (nSPS) is 13.8. The summed E-state index contributed by atoms with van der Waals surface area (Å²) in [5.41, 5.74) is 1.33. The highest BCUT2D eigenvalue weighted by Crippen LogP contribution is 2.17. The van der Waals surface area contributed by atoms with Crippen LogP contribution < -0.4 is 15.5 Å². The molecule has 9 heteroatoms. The van der Waals surface area contributed by atoms with Gasteiger partial charge in [-0.1, -0.05) is 6.07 Å². The van der Waals surface area contributed by atoms with Crippen LogP contribution in [0.5, 0.6) is 0 Å². The number of rotatable bonds is 4. The Kier molecular flexibility index (Phi) is 5.83. The summed E-state index contributed by atoms with van der Waals surface area (Å²) in [5, 5.41) is 5.40. The Hall–Kier alpha value is -3.49. The van der Waals surface area contributed by atoms with E-state index in [1.165, 1.54) is 13.1 Å². The molecule has 1 fully saturated rings. The number of carbonyl (C=O) groups is 3. The van der Waals surface area contributed by atoms with Gasteiger partial charge in [-0.25, -0.2) is 9.97 Å². The van der Waals surface area contributed by atoms with Gasteiger partial charge in [0.2, 0.25) is 11.8 Å². The summed E-state index contributed by atoms with van der Waals surface area (Å²) >= 11 is 0. The van der Waals surface area contributed by atoms with Gasteiger partial charge in [-0.15, -0.1) is 0 Å². The smallest absolute Gasteiger partial charge is 0.275 e. The Morgan fingerprint density at radius 1 is 0.929 bits per heavy atom. The molecule has 1 aromatic heterocycles. The van der Waals surface area contributed by atoms with E-state index >= 15 is 0 Å². The summed E-state index contributed by atoms with van der Waals surface area (Å²) in [7, 11) is 0. The lowest BCUT2D eigenvalue weighted by Crippen LogP contribution is -2.48. The number of nitrogens with zero attached hydrogens (tertiary/aromatic N) is 4. The highest BCUT2D eigenvalue weighted by Gasteiger charge is 2.20. The lowest BCUT2D eigenvalue weighted by atomic mass is 10.2. The highest BCUT2D eigenvalue weighted by atomic mass is 16.2. The zero-order chi connectivity index (χ0) is 20.1. The van der Waals surface area contributed by atoms with E-state index in [4.69, 9.17) is 0 Å². The van der Waals surface area contributed by atoms with Crippen molar-refractivity contribution in [3.8, 4) is 0 Å². The zero-order valence-electron chi connectivity index (χ0n) is 15.8. The van der Waals surface area contributed by atoms with Crippen molar-refractivity contribution in [3.05, 3.63) is 42.4 Å². The Morgan fingerprint density at radius 3 is 2.18 bits per heavy atom. The maximum Gasteiger partial charge on any atom is 0.275 e. The quantitative estimate of drug-likeness (QED) is 0.827. The molecule has 28 heavy (non-hydrogen) atoms. The molecular formula is C19H22N6O3. The van der Waals surface area contributed by atoms with Crippen molar-refractivity contribution >= 4 is 34.9 Å². The van der Waals surface area contributed by atoms with E-state index in [2.05, 4.69) is 20.6 Å². The van der Waals surface area contributed by atoms with Gasteiger partial charge in [0.15, 0.2) is 0 Å². The summed E-state index contributed by atoms with van der Waals surface area (Å²) in [5.74, 6) is 0.169. The zero-order valence-corrected chi connectivity index (χ0v) is 15.8. The van der Waals surface area contributed by atoms with Crippen LogP contribution in [-0.2, 0) is 9.59 Å². The first-order chi connectivity index (χ1) is 13.4. The Labute approximate surface area is 162 Å². The SMILES string of the molecule is CC(=O)Nc1cccc(NC(=O)c2cnc(N3CCN(C(C)=O)CC3)cn2)c1. The molecular weight excluding hydrogens is 360 g/mol. The lowest BCUT2D eigenvalue weighted by Gasteiger charge is -2.34. The maximum absolute atomic E-state index is 12.4. The molecule has 146 valence electrons. The van der Waals surface area contributed by atoms with E-state index in [-0.39, 0.29) is 23.4 Å². The predicted molar refractivity (Wildman–Crippen MR) is 105 cm³/mol. The predicted octanol–water partition coefficient (Wildman–Crippen LogP) is 1.36. The number of hydrogen-bond acceptors (Lipinski definition) is 6. The van der Waals surface area contributed by atoms with Crippen LogP contribution in [-0.4, -0.2) is 58.8 Å². The maximum atomic E-state index is 12.4.